The molecular formula is C19H34O15. The third-order valence-corrected chi connectivity index (χ3v) is 6.35. The summed E-state index contributed by atoms with van der Waals surface area (Å²) in [5, 5.41) is 100. The van der Waals surface area contributed by atoms with E-state index < -0.39 is 112 Å². The zero-order valence-corrected chi connectivity index (χ0v) is 18.3. The first kappa shape index (κ1) is 28.0. The van der Waals surface area contributed by atoms with Gasteiger partial charge in [0.05, 0.1) is 25.9 Å². The van der Waals surface area contributed by atoms with Gasteiger partial charge in [0.25, 0.3) is 0 Å². The lowest BCUT2D eigenvalue weighted by atomic mass is 9.94. The number of hydrogen-bond donors (Lipinski definition) is 10. The lowest BCUT2D eigenvalue weighted by Gasteiger charge is -2.48. The molecule has 34 heavy (non-hydrogen) atoms. The third kappa shape index (κ3) is 5.39. The fourth-order valence-corrected chi connectivity index (χ4v) is 4.26. The lowest BCUT2D eigenvalue weighted by molar-refractivity contribution is -0.372. The Hall–Kier alpha value is -0.600. The van der Waals surface area contributed by atoms with Gasteiger partial charge in [0, 0.05) is 0 Å². The predicted molar refractivity (Wildman–Crippen MR) is 105 cm³/mol. The monoisotopic (exact) mass is 502 g/mol. The van der Waals surface area contributed by atoms with Crippen LogP contribution in [0.5, 0.6) is 0 Å². The zero-order valence-electron chi connectivity index (χ0n) is 18.3. The molecule has 0 bridgehead atoms. The van der Waals surface area contributed by atoms with Crippen LogP contribution in [-0.2, 0) is 23.7 Å². The van der Waals surface area contributed by atoms with Crippen LogP contribution in [-0.4, -0.2) is 163 Å². The van der Waals surface area contributed by atoms with E-state index in [0.29, 0.717) is 0 Å². The normalized spacial score (nSPS) is 52.5. The molecule has 10 N–H and O–H groups in total. The zero-order chi connectivity index (χ0) is 25.3. The van der Waals surface area contributed by atoms with Crippen molar-refractivity contribution in [2.75, 3.05) is 19.8 Å². The molecule has 0 amide bonds. The highest BCUT2D eigenvalue weighted by atomic mass is 16.7. The second kappa shape index (κ2) is 11.6. The van der Waals surface area contributed by atoms with E-state index in [1.165, 1.54) is 6.92 Å². The molecule has 3 aliphatic rings. The molecule has 0 spiro atoms. The van der Waals surface area contributed by atoms with Crippen LogP contribution in [0.4, 0.5) is 0 Å². The fourth-order valence-electron chi connectivity index (χ4n) is 4.26. The van der Waals surface area contributed by atoms with Crippen LogP contribution in [0.2, 0.25) is 0 Å². The number of aliphatic hydroxyl groups excluding tert-OH is 10. The Morgan fingerprint density at radius 3 is 1.41 bits per heavy atom. The maximum atomic E-state index is 10.6. The Bertz CT molecular complexity index is 635. The summed E-state index contributed by atoms with van der Waals surface area (Å²) in [7, 11) is 0. The lowest BCUT2D eigenvalue weighted by Crippen LogP contribution is -2.66. The van der Waals surface area contributed by atoms with Crippen molar-refractivity contribution in [3.63, 3.8) is 0 Å². The average molecular weight is 502 g/mol. The van der Waals surface area contributed by atoms with Crippen LogP contribution >= 0.6 is 0 Å². The van der Waals surface area contributed by atoms with Gasteiger partial charge in [-0.05, 0) is 6.92 Å². The highest BCUT2D eigenvalue weighted by Gasteiger charge is 2.52. The van der Waals surface area contributed by atoms with E-state index in [-0.39, 0.29) is 0 Å². The summed E-state index contributed by atoms with van der Waals surface area (Å²) in [5.74, 6) is 0. The molecule has 3 saturated heterocycles. The molecule has 3 heterocycles. The summed E-state index contributed by atoms with van der Waals surface area (Å²) in [5.41, 5.74) is 0. The minimum absolute atomic E-state index is 0.601. The van der Waals surface area contributed by atoms with E-state index >= 15 is 0 Å². The van der Waals surface area contributed by atoms with Crippen LogP contribution in [0.15, 0.2) is 0 Å². The van der Waals surface area contributed by atoms with Crippen molar-refractivity contribution in [3.05, 3.63) is 0 Å². The summed E-state index contributed by atoms with van der Waals surface area (Å²) >= 11 is 0. The Morgan fingerprint density at radius 1 is 0.500 bits per heavy atom. The third-order valence-electron chi connectivity index (χ3n) is 6.35. The van der Waals surface area contributed by atoms with Crippen molar-refractivity contribution < 1.29 is 74.7 Å². The van der Waals surface area contributed by atoms with E-state index in [1.807, 2.05) is 0 Å². The van der Waals surface area contributed by atoms with E-state index in [4.69, 9.17) is 23.7 Å². The Morgan fingerprint density at radius 2 is 0.912 bits per heavy atom. The number of ether oxygens (including phenoxy) is 5. The van der Waals surface area contributed by atoms with Crippen LogP contribution in [0.25, 0.3) is 0 Å². The molecule has 15 nitrogen and oxygen atoms in total. The molecule has 3 aliphatic heterocycles. The predicted octanol–water partition coefficient (Wildman–Crippen LogP) is -6.50. The Labute approximate surface area is 194 Å². The minimum Gasteiger partial charge on any atom is -0.394 e. The highest BCUT2D eigenvalue weighted by Crippen LogP contribution is 2.32. The Kier molecular flexibility index (Phi) is 9.57. The largest absolute Gasteiger partial charge is 0.394 e. The molecule has 0 aromatic rings. The molecule has 3 rings (SSSR count). The van der Waals surface area contributed by atoms with Gasteiger partial charge in [0.15, 0.2) is 12.6 Å². The molecule has 3 fully saturated rings. The van der Waals surface area contributed by atoms with Crippen LogP contribution < -0.4 is 0 Å². The summed E-state index contributed by atoms with van der Waals surface area (Å²) in [6.45, 7) is -0.626. The van der Waals surface area contributed by atoms with Crippen LogP contribution in [0.1, 0.15) is 6.92 Å². The second-order valence-electron chi connectivity index (χ2n) is 8.65. The first-order valence-electron chi connectivity index (χ1n) is 10.9. The SMILES string of the molecule is C[C@H]1O[C@H](CO)[C@@H](O[C@@H]2OC(CO)[C@H](O[C@@H]3OC(CO)[C@H](O)[C@H](O)C3O)[C@H](O)C2O)C(O)C1O. The number of rotatable bonds is 7. The molecule has 0 saturated carbocycles. The molecule has 0 aromatic carbocycles. The summed E-state index contributed by atoms with van der Waals surface area (Å²) < 4.78 is 27.1. The summed E-state index contributed by atoms with van der Waals surface area (Å²) in [4.78, 5) is 0. The average Bonchev–Trinajstić information content (AvgIpc) is 2.83. The molecule has 0 aliphatic carbocycles. The van der Waals surface area contributed by atoms with E-state index in [1.54, 1.807) is 0 Å². The standard InChI is InChI=1S/C19H34O15/c1-5-9(23)12(26)16(7(3-21)30-5)33-19-15(29)13(27)17(8(4-22)32-19)34-18-14(28)11(25)10(24)6(2-20)31-18/h5-29H,2-4H2,1H3/t5-,6?,7-,8?,9?,10+,11+,12?,13-,14?,15?,16-,17+,18+,19+/m1/s1. The topological polar surface area (TPSA) is 248 Å². The first-order chi connectivity index (χ1) is 16.0. The van der Waals surface area contributed by atoms with Crippen molar-refractivity contribution in [2.24, 2.45) is 0 Å². The van der Waals surface area contributed by atoms with Gasteiger partial charge in [-0.3, -0.25) is 0 Å². The molecular weight excluding hydrogens is 468 g/mol. The van der Waals surface area contributed by atoms with Crippen molar-refractivity contribution in [3.8, 4) is 0 Å². The maximum Gasteiger partial charge on any atom is 0.187 e. The molecule has 15 heteroatoms. The van der Waals surface area contributed by atoms with E-state index in [9.17, 15) is 51.1 Å². The quantitative estimate of drug-likeness (QED) is 0.155. The van der Waals surface area contributed by atoms with Gasteiger partial charge in [-0.15, -0.1) is 0 Å². The fraction of sp³-hybridized carbons (Fsp3) is 1.00. The summed E-state index contributed by atoms with van der Waals surface area (Å²) in [6.07, 6.45) is -22.6. The van der Waals surface area contributed by atoms with Gasteiger partial charge >= 0.3 is 0 Å². The van der Waals surface area contributed by atoms with Crippen molar-refractivity contribution in [1.82, 2.24) is 0 Å². The molecule has 200 valence electrons. The van der Waals surface area contributed by atoms with Crippen molar-refractivity contribution in [2.45, 2.75) is 98.9 Å². The van der Waals surface area contributed by atoms with Crippen LogP contribution in [0.3, 0.4) is 0 Å². The van der Waals surface area contributed by atoms with E-state index in [2.05, 4.69) is 0 Å². The van der Waals surface area contributed by atoms with Gasteiger partial charge in [0.1, 0.15) is 73.2 Å². The smallest absolute Gasteiger partial charge is 0.187 e. The maximum absolute atomic E-state index is 10.6. The minimum atomic E-state index is -1.85. The van der Waals surface area contributed by atoms with Gasteiger partial charge < -0.3 is 74.7 Å². The molecule has 6 unspecified atom stereocenters. The first-order valence-corrected chi connectivity index (χ1v) is 10.9. The Balaban J connectivity index is 1.72. The molecule has 0 aromatic heterocycles. The van der Waals surface area contributed by atoms with Gasteiger partial charge in [-0.1, -0.05) is 0 Å². The van der Waals surface area contributed by atoms with Crippen LogP contribution in [0, 0.1) is 0 Å². The second-order valence-corrected chi connectivity index (χ2v) is 8.65. The van der Waals surface area contributed by atoms with E-state index in [0.717, 1.165) is 0 Å². The van der Waals surface area contributed by atoms with Crippen molar-refractivity contribution in [1.29, 1.82) is 0 Å². The molecule has 15 atom stereocenters. The number of hydrogen-bond acceptors (Lipinski definition) is 15. The number of aliphatic hydroxyl groups is 10. The van der Waals surface area contributed by atoms with Gasteiger partial charge in [0.2, 0.25) is 0 Å². The molecule has 0 radical (unpaired) electrons. The van der Waals surface area contributed by atoms with Gasteiger partial charge in [-0.2, -0.15) is 0 Å². The van der Waals surface area contributed by atoms with Gasteiger partial charge in [-0.25, -0.2) is 0 Å². The highest BCUT2D eigenvalue weighted by molar-refractivity contribution is 4.96. The summed E-state index contributed by atoms with van der Waals surface area (Å²) in [6, 6.07) is 0. The van der Waals surface area contributed by atoms with Crippen molar-refractivity contribution >= 4 is 0 Å².